The highest BCUT2D eigenvalue weighted by Crippen LogP contribution is 2.48. The molecule has 0 heterocycles. The molecule has 2 aliphatic carbocycles. The summed E-state index contributed by atoms with van der Waals surface area (Å²) in [6, 6.07) is 19.0. The summed E-state index contributed by atoms with van der Waals surface area (Å²) >= 11 is 0. The number of hydrogen-bond donors (Lipinski definition) is 2. The van der Waals surface area contributed by atoms with Gasteiger partial charge >= 0.3 is 0 Å². The second-order valence-electron chi connectivity index (χ2n) is 9.45. The van der Waals surface area contributed by atoms with Gasteiger partial charge in [0.25, 0.3) is 0 Å². The quantitative estimate of drug-likeness (QED) is 0.607. The summed E-state index contributed by atoms with van der Waals surface area (Å²) in [5, 5.41) is 21.1. The van der Waals surface area contributed by atoms with Gasteiger partial charge in [0.2, 0.25) is 0 Å². The standard InChI is InChI=1S/C28H35NO2/c1-29(2)24-10-6-9-21(17-24)15-22-16-23-19-28(31)26(27(23)18-22)14-13-25(30)12-11-20-7-4-3-5-8-20/h3-10,13-14,16-17,23,25-28,30-31H,11-12,15,18-19H2,1-2H3/b14-13+/t23?,25-,26+,27-,28+/m0/s1. The minimum Gasteiger partial charge on any atom is -0.392 e. The smallest absolute Gasteiger partial charge is 0.0724 e. The maximum Gasteiger partial charge on any atom is 0.0724 e. The van der Waals surface area contributed by atoms with Gasteiger partial charge in [0.05, 0.1) is 12.2 Å². The van der Waals surface area contributed by atoms with Crippen LogP contribution in [0.5, 0.6) is 0 Å². The van der Waals surface area contributed by atoms with Gasteiger partial charge in [0, 0.05) is 25.7 Å². The Hall–Kier alpha value is -2.36. The lowest BCUT2D eigenvalue weighted by Gasteiger charge is -2.19. The van der Waals surface area contributed by atoms with Crippen LogP contribution < -0.4 is 4.90 Å². The molecule has 1 saturated carbocycles. The van der Waals surface area contributed by atoms with Crippen LogP contribution >= 0.6 is 0 Å². The Kier molecular flexibility index (Phi) is 6.94. The number of allylic oxidation sites excluding steroid dienone is 2. The van der Waals surface area contributed by atoms with E-state index in [1.807, 2.05) is 24.3 Å². The van der Waals surface area contributed by atoms with Crippen molar-refractivity contribution in [1.29, 1.82) is 0 Å². The van der Waals surface area contributed by atoms with E-state index in [2.05, 4.69) is 67.5 Å². The molecule has 0 saturated heterocycles. The lowest BCUT2D eigenvalue weighted by atomic mass is 9.88. The molecule has 1 fully saturated rings. The fraction of sp³-hybridized carbons (Fsp3) is 0.429. The molecule has 5 atom stereocenters. The Bertz CT molecular complexity index is 918. The van der Waals surface area contributed by atoms with Gasteiger partial charge in [-0.05, 0) is 67.2 Å². The van der Waals surface area contributed by atoms with E-state index in [4.69, 9.17) is 0 Å². The molecule has 164 valence electrons. The molecule has 0 radical (unpaired) electrons. The summed E-state index contributed by atoms with van der Waals surface area (Å²) in [7, 11) is 4.15. The lowest BCUT2D eigenvalue weighted by Crippen LogP contribution is -2.18. The SMILES string of the molecule is CN(C)c1cccc(CC2=CC3C[C@@H](O)[C@H](/C=C/[C@@H](O)CCc4ccccc4)[C@H]3C2)c1. The molecule has 2 aromatic carbocycles. The van der Waals surface area contributed by atoms with Crippen LogP contribution in [0.4, 0.5) is 5.69 Å². The van der Waals surface area contributed by atoms with Crippen molar-refractivity contribution >= 4 is 5.69 Å². The van der Waals surface area contributed by atoms with Crippen LogP contribution in [0.25, 0.3) is 0 Å². The van der Waals surface area contributed by atoms with Crippen molar-refractivity contribution in [2.24, 2.45) is 17.8 Å². The number of hydrogen-bond acceptors (Lipinski definition) is 3. The predicted molar refractivity (Wildman–Crippen MR) is 128 cm³/mol. The molecule has 1 unspecified atom stereocenters. The number of nitrogens with zero attached hydrogens (tertiary/aromatic N) is 1. The highest BCUT2D eigenvalue weighted by molar-refractivity contribution is 5.48. The summed E-state index contributed by atoms with van der Waals surface area (Å²) in [6.45, 7) is 0. The Balaban J connectivity index is 1.33. The molecule has 2 N–H and O–H groups in total. The van der Waals surface area contributed by atoms with Gasteiger partial charge in [-0.25, -0.2) is 0 Å². The Morgan fingerprint density at radius 1 is 1.06 bits per heavy atom. The summed E-state index contributed by atoms with van der Waals surface area (Å²) in [6.07, 6.45) is 10.1. The molecule has 3 nitrogen and oxygen atoms in total. The van der Waals surface area contributed by atoms with Crippen molar-refractivity contribution in [3.8, 4) is 0 Å². The van der Waals surface area contributed by atoms with Crippen molar-refractivity contribution in [2.75, 3.05) is 19.0 Å². The molecule has 3 heteroatoms. The maximum absolute atomic E-state index is 10.6. The average Bonchev–Trinajstić information content (AvgIpc) is 3.27. The van der Waals surface area contributed by atoms with Crippen molar-refractivity contribution in [3.63, 3.8) is 0 Å². The third-order valence-electron chi connectivity index (χ3n) is 6.94. The second-order valence-corrected chi connectivity index (χ2v) is 9.45. The van der Waals surface area contributed by atoms with E-state index in [9.17, 15) is 10.2 Å². The van der Waals surface area contributed by atoms with E-state index in [-0.39, 0.29) is 12.0 Å². The summed E-state index contributed by atoms with van der Waals surface area (Å²) in [5.41, 5.74) is 5.32. The van der Waals surface area contributed by atoms with Crippen LogP contribution in [-0.4, -0.2) is 36.5 Å². The van der Waals surface area contributed by atoms with E-state index >= 15 is 0 Å². The molecule has 0 bridgehead atoms. The number of aliphatic hydroxyl groups is 2. The van der Waals surface area contributed by atoms with Crippen LogP contribution in [0, 0.1) is 17.8 Å². The molecule has 4 rings (SSSR count). The lowest BCUT2D eigenvalue weighted by molar-refractivity contribution is 0.140. The number of fused-ring (bicyclic) bond motifs is 1. The Labute approximate surface area is 186 Å². The summed E-state index contributed by atoms with van der Waals surface area (Å²) in [5.74, 6) is 1.05. The highest BCUT2D eigenvalue weighted by atomic mass is 16.3. The van der Waals surface area contributed by atoms with E-state index in [0.717, 1.165) is 25.7 Å². The van der Waals surface area contributed by atoms with Gasteiger partial charge in [-0.2, -0.15) is 0 Å². The number of aliphatic hydroxyl groups excluding tert-OH is 2. The molecule has 0 aliphatic heterocycles. The average molecular weight is 418 g/mol. The molecule has 31 heavy (non-hydrogen) atoms. The molecular weight excluding hydrogens is 382 g/mol. The van der Waals surface area contributed by atoms with E-state index < -0.39 is 6.10 Å². The minimum absolute atomic E-state index is 0.137. The van der Waals surface area contributed by atoms with Crippen molar-refractivity contribution < 1.29 is 10.2 Å². The topological polar surface area (TPSA) is 43.7 Å². The Morgan fingerprint density at radius 2 is 1.84 bits per heavy atom. The van der Waals surface area contributed by atoms with Crippen molar-refractivity contribution in [1.82, 2.24) is 0 Å². The summed E-state index contributed by atoms with van der Waals surface area (Å²) in [4.78, 5) is 2.14. The first-order valence-corrected chi connectivity index (χ1v) is 11.5. The van der Waals surface area contributed by atoms with Gasteiger partial charge in [-0.3, -0.25) is 0 Å². The van der Waals surface area contributed by atoms with Crippen LogP contribution in [-0.2, 0) is 12.8 Å². The molecule has 2 aliphatic rings. The molecule has 0 aromatic heterocycles. The van der Waals surface area contributed by atoms with E-state index in [1.54, 1.807) is 0 Å². The van der Waals surface area contributed by atoms with E-state index in [0.29, 0.717) is 18.3 Å². The zero-order valence-corrected chi connectivity index (χ0v) is 18.7. The largest absolute Gasteiger partial charge is 0.392 e. The van der Waals surface area contributed by atoms with Crippen LogP contribution in [0.2, 0.25) is 0 Å². The van der Waals surface area contributed by atoms with Crippen molar-refractivity contribution in [3.05, 3.63) is 89.5 Å². The molecular formula is C28H35NO2. The zero-order valence-electron chi connectivity index (χ0n) is 18.7. The van der Waals surface area contributed by atoms with Gasteiger partial charge in [0.15, 0.2) is 0 Å². The molecule has 0 spiro atoms. The van der Waals surface area contributed by atoms with E-state index in [1.165, 1.54) is 22.4 Å². The predicted octanol–water partition coefficient (Wildman–Crippen LogP) is 4.79. The third kappa shape index (κ3) is 5.47. The fourth-order valence-electron chi connectivity index (χ4n) is 5.26. The molecule has 2 aromatic rings. The number of benzene rings is 2. The van der Waals surface area contributed by atoms with Gasteiger partial charge in [0.1, 0.15) is 0 Å². The first-order chi connectivity index (χ1) is 15.0. The number of anilines is 1. The van der Waals surface area contributed by atoms with Gasteiger partial charge < -0.3 is 15.1 Å². The first kappa shape index (κ1) is 21.9. The second kappa shape index (κ2) is 9.84. The van der Waals surface area contributed by atoms with Gasteiger partial charge in [-0.15, -0.1) is 0 Å². The number of aryl methyl sites for hydroxylation is 1. The van der Waals surface area contributed by atoms with Crippen LogP contribution in [0.1, 0.15) is 30.4 Å². The minimum atomic E-state index is -0.464. The van der Waals surface area contributed by atoms with Gasteiger partial charge in [-0.1, -0.05) is 66.3 Å². The zero-order chi connectivity index (χ0) is 21.8. The monoisotopic (exact) mass is 417 g/mol. The number of rotatable bonds is 8. The first-order valence-electron chi connectivity index (χ1n) is 11.5. The van der Waals surface area contributed by atoms with Crippen LogP contribution in [0.15, 0.2) is 78.4 Å². The summed E-state index contributed by atoms with van der Waals surface area (Å²) < 4.78 is 0. The van der Waals surface area contributed by atoms with Crippen molar-refractivity contribution in [2.45, 2.75) is 44.3 Å². The normalized spacial score (nSPS) is 26.1. The highest BCUT2D eigenvalue weighted by Gasteiger charge is 2.43. The Morgan fingerprint density at radius 3 is 2.61 bits per heavy atom. The third-order valence-corrected chi connectivity index (χ3v) is 6.94. The fourth-order valence-corrected chi connectivity index (χ4v) is 5.26. The maximum atomic E-state index is 10.6. The molecule has 0 amide bonds. The van der Waals surface area contributed by atoms with Crippen LogP contribution in [0.3, 0.4) is 0 Å².